The van der Waals surface area contributed by atoms with Gasteiger partial charge in [0.05, 0.1) is 6.04 Å². The van der Waals surface area contributed by atoms with Crippen LogP contribution in [0.4, 0.5) is 0 Å². The van der Waals surface area contributed by atoms with Gasteiger partial charge in [0.2, 0.25) is 0 Å². The van der Waals surface area contributed by atoms with Crippen LogP contribution in [-0.4, -0.2) is 31.6 Å². The molecule has 2 atom stereocenters. The van der Waals surface area contributed by atoms with Gasteiger partial charge in [-0.2, -0.15) is 0 Å². The molecule has 0 bridgehead atoms. The molecule has 1 aliphatic heterocycles. The molecule has 2 aromatic rings. The number of nitrogens with one attached hydrogen (secondary N) is 1. The Hall–Kier alpha value is -1.03. The Bertz CT molecular complexity index is 556. The molecule has 1 N–H and O–H groups in total. The molecule has 116 valence electrons. The summed E-state index contributed by atoms with van der Waals surface area (Å²) in [6.07, 6.45) is 1.25. The first-order valence-electron chi connectivity index (χ1n) is 7.47. The number of furan rings is 1. The number of para-hydroxylation sites is 1. The average molecular weight is 309 g/mol. The van der Waals surface area contributed by atoms with E-state index in [4.69, 9.17) is 4.42 Å². The van der Waals surface area contributed by atoms with Gasteiger partial charge in [0.25, 0.3) is 0 Å². The first kappa shape index (κ1) is 16.3. The summed E-state index contributed by atoms with van der Waals surface area (Å²) in [6.45, 7) is 7.95. The normalized spacial score (nSPS) is 23.4. The summed E-state index contributed by atoms with van der Waals surface area (Å²) in [5.74, 6) is 1.06. The summed E-state index contributed by atoms with van der Waals surface area (Å²) in [5, 5.41) is 4.66. The third-order valence-electron chi connectivity index (χ3n) is 4.61. The maximum Gasteiger partial charge on any atom is 0.134 e. The summed E-state index contributed by atoms with van der Waals surface area (Å²) in [5.41, 5.74) is 1.37. The molecular formula is C17H25ClN2O. The van der Waals surface area contributed by atoms with Gasteiger partial charge in [-0.05, 0) is 44.5 Å². The molecule has 2 heterocycles. The predicted octanol–water partition coefficient (Wildman–Crippen LogP) is 3.85. The maximum atomic E-state index is 5.99. The molecule has 1 aromatic carbocycles. The Morgan fingerprint density at radius 2 is 2.14 bits per heavy atom. The Labute approximate surface area is 133 Å². The average Bonchev–Trinajstić information content (AvgIpc) is 3.03. The monoisotopic (exact) mass is 308 g/mol. The molecule has 1 fully saturated rings. The van der Waals surface area contributed by atoms with E-state index in [2.05, 4.69) is 49.3 Å². The van der Waals surface area contributed by atoms with Crippen molar-refractivity contribution in [3.63, 3.8) is 0 Å². The van der Waals surface area contributed by atoms with Crippen LogP contribution in [0.3, 0.4) is 0 Å². The molecule has 1 aromatic heterocycles. The minimum atomic E-state index is 0. The van der Waals surface area contributed by atoms with Crippen molar-refractivity contribution in [2.24, 2.45) is 5.41 Å². The zero-order chi connectivity index (χ0) is 14.2. The highest BCUT2D eigenvalue weighted by molar-refractivity contribution is 5.85. The number of nitrogens with zero attached hydrogens (tertiary/aromatic N) is 1. The van der Waals surface area contributed by atoms with E-state index in [1.807, 2.05) is 12.1 Å². The SMILES string of the molecule is CC(c1cc2ccccc2o1)N(C)CC1(C)CCNC1.Cl. The Kier molecular flexibility index (Phi) is 4.97. The summed E-state index contributed by atoms with van der Waals surface area (Å²) >= 11 is 0. The number of halogens is 1. The van der Waals surface area contributed by atoms with E-state index in [0.29, 0.717) is 11.5 Å². The van der Waals surface area contributed by atoms with Gasteiger partial charge in [-0.1, -0.05) is 25.1 Å². The van der Waals surface area contributed by atoms with E-state index in [1.54, 1.807) is 0 Å². The fourth-order valence-corrected chi connectivity index (χ4v) is 3.17. The van der Waals surface area contributed by atoms with Gasteiger partial charge in [-0.15, -0.1) is 12.4 Å². The lowest BCUT2D eigenvalue weighted by Gasteiger charge is -2.32. The molecule has 0 saturated carbocycles. The molecule has 3 rings (SSSR count). The van der Waals surface area contributed by atoms with Crippen LogP contribution in [0.5, 0.6) is 0 Å². The van der Waals surface area contributed by atoms with Crippen molar-refractivity contribution in [2.75, 3.05) is 26.7 Å². The van der Waals surface area contributed by atoms with E-state index < -0.39 is 0 Å². The van der Waals surface area contributed by atoms with Gasteiger partial charge in [0.1, 0.15) is 11.3 Å². The lowest BCUT2D eigenvalue weighted by molar-refractivity contribution is 0.156. The number of hydrogen-bond acceptors (Lipinski definition) is 3. The largest absolute Gasteiger partial charge is 0.459 e. The Morgan fingerprint density at radius 1 is 1.38 bits per heavy atom. The minimum Gasteiger partial charge on any atom is -0.459 e. The van der Waals surface area contributed by atoms with Crippen molar-refractivity contribution in [3.05, 3.63) is 36.1 Å². The van der Waals surface area contributed by atoms with E-state index in [9.17, 15) is 0 Å². The fraction of sp³-hybridized carbons (Fsp3) is 0.529. The second kappa shape index (κ2) is 6.39. The van der Waals surface area contributed by atoms with Gasteiger partial charge in [-0.3, -0.25) is 4.90 Å². The Balaban J connectivity index is 0.00000161. The number of fused-ring (bicyclic) bond motifs is 1. The van der Waals surface area contributed by atoms with E-state index in [1.165, 1.54) is 11.8 Å². The van der Waals surface area contributed by atoms with Crippen LogP contribution < -0.4 is 5.32 Å². The molecule has 2 unspecified atom stereocenters. The number of benzene rings is 1. The topological polar surface area (TPSA) is 28.4 Å². The van der Waals surface area contributed by atoms with Gasteiger partial charge >= 0.3 is 0 Å². The summed E-state index contributed by atoms with van der Waals surface area (Å²) in [4.78, 5) is 2.41. The molecular weight excluding hydrogens is 284 g/mol. The molecule has 21 heavy (non-hydrogen) atoms. The van der Waals surface area contributed by atoms with E-state index >= 15 is 0 Å². The lowest BCUT2D eigenvalue weighted by Crippen LogP contribution is -2.36. The first-order chi connectivity index (χ1) is 9.57. The van der Waals surface area contributed by atoms with Crippen LogP contribution in [0.1, 0.15) is 32.1 Å². The molecule has 0 spiro atoms. The Morgan fingerprint density at radius 3 is 2.81 bits per heavy atom. The van der Waals surface area contributed by atoms with Gasteiger partial charge in [0, 0.05) is 18.5 Å². The van der Waals surface area contributed by atoms with E-state index in [-0.39, 0.29) is 12.4 Å². The molecule has 0 amide bonds. The van der Waals surface area contributed by atoms with Crippen molar-refractivity contribution < 1.29 is 4.42 Å². The number of rotatable bonds is 4. The highest BCUT2D eigenvalue weighted by atomic mass is 35.5. The first-order valence-corrected chi connectivity index (χ1v) is 7.47. The van der Waals surface area contributed by atoms with Gasteiger partial charge in [0.15, 0.2) is 0 Å². The third-order valence-corrected chi connectivity index (χ3v) is 4.61. The molecule has 3 nitrogen and oxygen atoms in total. The van der Waals surface area contributed by atoms with E-state index in [0.717, 1.165) is 31.0 Å². The quantitative estimate of drug-likeness (QED) is 0.930. The maximum absolute atomic E-state index is 5.99. The highest BCUT2D eigenvalue weighted by Gasteiger charge is 2.31. The minimum absolute atomic E-state index is 0. The standard InChI is InChI=1S/C17H24N2O.ClH/c1-13(19(3)12-17(2)8-9-18-11-17)16-10-14-6-4-5-7-15(14)20-16;/h4-7,10,13,18H,8-9,11-12H2,1-3H3;1H. The van der Waals surface area contributed by atoms with Crippen LogP contribution >= 0.6 is 12.4 Å². The predicted molar refractivity (Wildman–Crippen MR) is 90.1 cm³/mol. The van der Waals surface area contributed by atoms with Gasteiger partial charge in [-0.25, -0.2) is 0 Å². The molecule has 4 heteroatoms. The van der Waals surface area contributed by atoms with Crippen LogP contribution in [0.2, 0.25) is 0 Å². The van der Waals surface area contributed by atoms with Crippen LogP contribution in [-0.2, 0) is 0 Å². The lowest BCUT2D eigenvalue weighted by atomic mass is 9.89. The molecule has 0 radical (unpaired) electrons. The second-order valence-electron chi connectivity index (χ2n) is 6.52. The van der Waals surface area contributed by atoms with Crippen molar-refractivity contribution in [3.8, 4) is 0 Å². The van der Waals surface area contributed by atoms with Crippen LogP contribution in [0.25, 0.3) is 11.0 Å². The third kappa shape index (κ3) is 3.42. The van der Waals surface area contributed by atoms with Crippen molar-refractivity contribution in [1.82, 2.24) is 10.2 Å². The highest BCUT2D eigenvalue weighted by Crippen LogP contribution is 2.31. The van der Waals surface area contributed by atoms with Crippen molar-refractivity contribution in [2.45, 2.75) is 26.3 Å². The van der Waals surface area contributed by atoms with Crippen molar-refractivity contribution >= 4 is 23.4 Å². The molecule has 1 aliphatic rings. The van der Waals surface area contributed by atoms with Crippen LogP contribution in [0.15, 0.2) is 34.7 Å². The summed E-state index contributed by atoms with van der Waals surface area (Å²) in [7, 11) is 2.20. The summed E-state index contributed by atoms with van der Waals surface area (Å²) in [6, 6.07) is 10.7. The summed E-state index contributed by atoms with van der Waals surface area (Å²) < 4.78 is 5.99. The van der Waals surface area contributed by atoms with Crippen LogP contribution in [0, 0.1) is 5.41 Å². The molecule has 0 aliphatic carbocycles. The smallest absolute Gasteiger partial charge is 0.134 e. The fourth-order valence-electron chi connectivity index (χ4n) is 3.17. The van der Waals surface area contributed by atoms with Crippen molar-refractivity contribution in [1.29, 1.82) is 0 Å². The second-order valence-corrected chi connectivity index (χ2v) is 6.52. The zero-order valence-corrected chi connectivity index (χ0v) is 13.9. The van der Waals surface area contributed by atoms with Gasteiger partial charge < -0.3 is 9.73 Å². The number of hydrogen-bond donors (Lipinski definition) is 1. The molecule has 1 saturated heterocycles. The zero-order valence-electron chi connectivity index (χ0n) is 13.1.